The van der Waals surface area contributed by atoms with Crippen molar-refractivity contribution in [1.82, 2.24) is 9.80 Å². The van der Waals surface area contributed by atoms with E-state index < -0.39 is 47.5 Å². The Bertz CT molecular complexity index is 1610. The smallest absolute Gasteiger partial charge is 0.306 e. The molecule has 2 aromatic rings. The molecule has 0 radical (unpaired) electrons. The van der Waals surface area contributed by atoms with Crippen LogP contribution in [-0.2, 0) is 57.1 Å². The second-order valence-corrected chi connectivity index (χ2v) is 12.5. The van der Waals surface area contributed by atoms with Crippen molar-refractivity contribution >= 4 is 58.3 Å². The highest BCUT2D eigenvalue weighted by Crippen LogP contribution is 2.37. The second kappa shape index (κ2) is 23.8. The molecule has 4 amide bonds. The Labute approximate surface area is 332 Å². The third-order valence-electron chi connectivity index (χ3n) is 8.54. The van der Waals surface area contributed by atoms with Gasteiger partial charge in [-0.3, -0.25) is 48.2 Å². The molecule has 58 heavy (non-hydrogen) atoms. The van der Waals surface area contributed by atoms with Gasteiger partial charge in [-0.15, -0.1) is 0 Å². The lowest BCUT2D eigenvalue weighted by atomic mass is 9.86. The Morgan fingerprint density at radius 3 is 0.931 bits per heavy atom. The van der Waals surface area contributed by atoms with Gasteiger partial charge in [-0.1, -0.05) is 0 Å². The SMILES string of the molecule is O=C(O)CCC(=O)OCCOCCOCCOCCN1C(=O)c2ccc3c4c(ccc(c24)C1=O)C(=O)N(CCOCCOCCOCCOC(=O)CCC(=O)O)C3=O. The van der Waals surface area contributed by atoms with E-state index in [4.69, 9.17) is 48.1 Å². The fourth-order valence-corrected chi connectivity index (χ4v) is 5.77. The van der Waals surface area contributed by atoms with Crippen molar-refractivity contribution in [2.24, 2.45) is 0 Å². The quantitative estimate of drug-likeness (QED) is 0.0632. The third-order valence-corrected chi connectivity index (χ3v) is 8.54. The number of carbonyl (C=O) groups is 8. The summed E-state index contributed by atoms with van der Waals surface area (Å²) in [5.74, 6) is -5.71. The number of rotatable bonds is 30. The Morgan fingerprint density at radius 2 is 0.655 bits per heavy atom. The summed E-state index contributed by atoms with van der Waals surface area (Å²) in [4.78, 5) is 99.7. The predicted octanol–water partition coefficient (Wildman–Crippen LogP) is 0.947. The molecule has 316 valence electrons. The normalized spacial score (nSPS) is 13.4. The zero-order valence-electron chi connectivity index (χ0n) is 31.8. The first-order chi connectivity index (χ1) is 28.0. The Kier molecular flexibility index (Phi) is 18.6. The van der Waals surface area contributed by atoms with Crippen LogP contribution in [0.5, 0.6) is 0 Å². The molecule has 0 atom stereocenters. The summed E-state index contributed by atoms with van der Waals surface area (Å²) in [5, 5.41) is 17.6. The summed E-state index contributed by atoms with van der Waals surface area (Å²) >= 11 is 0. The van der Waals surface area contributed by atoms with Gasteiger partial charge in [-0.2, -0.15) is 0 Å². The van der Waals surface area contributed by atoms with Gasteiger partial charge in [0.05, 0.1) is 118 Å². The van der Waals surface area contributed by atoms with Gasteiger partial charge < -0.3 is 48.1 Å². The number of carboxylic acid groups (broad SMARTS) is 2. The summed E-state index contributed by atoms with van der Waals surface area (Å²) in [5.41, 5.74) is 0.751. The highest BCUT2D eigenvalue weighted by atomic mass is 16.6. The molecule has 20 heteroatoms. The average Bonchev–Trinajstić information content (AvgIpc) is 3.20. The topological polar surface area (TPSA) is 257 Å². The molecule has 2 heterocycles. The molecule has 0 aromatic heterocycles. The number of ether oxygens (including phenoxy) is 8. The van der Waals surface area contributed by atoms with Crippen LogP contribution in [0.4, 0.5) is 0 Å². The van der Waals surface area contributed by atoms with Crippen LogP contribution >= 0.6 is 0 Å². The van der Waals surface area contributed by atoms with Gasteiger partial charge in [0.2, 0.25) is 0 Å². The summed E-state index contributed by atoms with van der Waals surface area (Å²) in [6.45, 7) is 1.93. The standard InChI is InChI=1S/C38H46N2O18/c41-29(42)5-7-31(45)57-23-21-55-19-17-53-15-13-51-11-9-39-35(47)25-1-2-26-34-28(4-3-27(33(25)34)37(39)49)38(50)40(36(26)48)10-12-52-14-16-54-18-20-56-22-24-58-32(46)8-6-30(43)44/h1-4H,5-24H2,(H,41,42)(H,43,44). The molecule has 2 aliphatic rings. The molecule has 0 fully saturated rings. The third kappa shape index (κ3) is 13.4. The summed E-state index contributed by atoms with van der Waals surface area (Å²) in [6, 6.07) is 5.91. The van der Waals surface area contributed by atoms with E-state index in [1.165, 1.54) is 24.3 Å². The number of hydrogen-bond acceptors (Lipinski definition) is 16. The minimum atomic E-state index is -1.08. The lowest BCUT2D eigenvalue weighted by Gasteiger charge is -2.31. The lowest BCUT2D eigenvalue weighted by molar-refractivity contribution is -0.149. The fraction of sp³-hybridized carbons (Fsp3) is 0.526. The molecule has 0 aliphatic carbocycles. The Hall–Kier alpha value is -5.38. The number of nitrogens with zero attached hydrogens (tertiary/aromatic N) is 2. The van der Waals surface area contributed by atoms with Crippen molar-refractivity contribution in [3.05, 3.63) is 46.5 Å². The molecule has 0 saturated heterocycles. The van der Waals surface area contributed by atoms with Crippen LogP contribution in [-0.4, -0.2) is 173 Å². The van der Waals surface area contributed by atoms with Crippen molar-refractivity contribution in [3.63, 3.8) is 0 Å². The number of carboxylic acids is 2. The van der Waals surface area contributed by atoms with Crippen molar-refractivity contribution in [1.29, 1.82) is 0 Å². The van der Waals surface area contributed by atoms with Gasteiger partial charge in [0.15, 0.2) is 0 Å². The van der Waals surface area contributed by atoms with Gasteiger partial charge in [-0.25, -0.2) is 0 Å². The lowest BCUT2D eigenvalue weighted by Crippen LogP contribution is -2.45. The van der Waals surface area contributed by atoms with Crippen molar-refractivity contribution in [3.8, 4) is 0 Å². The molecule has 4 rings (SSSR count). The van der Waals surface area contributed by atoms with E-state index >= 15 is 0 Å². The summed E-state index contributed by atoms with van der Waals surface area (Å²) in [7, 11) is 0. The Morgan fingerprint density at radius 1 is 0.397 bits per heavy atom. The molecule has 0 bridgehead atoms. The number of amides is 4. The molecule has 0 spiro atoms. The van der Waals surface area contributed by atoms with Gasteiger partial charge >= 0.3 is 23.9 Å². The number of imide groups is 2. The molecular weight excluding hydrogens is 772 g/mol. The van der Waals surface area contributed by atoms with Gasteiger partial charge in [0, 0.05) is 33.0 Å². The molecule has 2 aliphatic heterocycles. The van der Waals surface area contributed by atoms with Gasteiger partial charge in [-0.05, 0) is 24.3 Å². The minimum absolute atomic E-state index is 0.00553. The molecular formula is C38H46N2O18. The van der Waals surface area contributed by atoms with Crippen LogP contribution in [0.15, 0.2) is 24.3 Å². The summed E-state index contributed by atoms with van der Waals surface area (Å²) in [6.07, 6.45) is -1.02. The van der Waals surface area contributed by atoms with E-state index in [1.54, 1.807) is 0 Å². The Balaban J connectivity index is 1.12. The van der Waals surface area contributed by atoms with Crippen molar-refractivity contribution < 1.29 is 86.5 Å². The maximum absolute atomic E-state index is 13.5. The molecule has 0 saturated carbocycles. The van der Waals surface area contributed by atoms with E-state index in [-0.39, 0.29) is 164 Å². The van der Waals surface area contributed by atoms with Gasteiger partial charge in [0.1, 0.15) is 13.2 Å². The van der Waals surface area contributed by atoms with Crippen LogP contribution < -0.4 is 0 Å². The largest absolute Gasteiger partial charge is 0.481 e. The van der Waals surface area contributed by atoms with Crippen molar-refractivity contribution in [2.75, 3.05) is 106 Å². The van der Waals surface area contributed by atoms with Crippen LogP contribution in [0.3, 0.4) is 0 Å². The van der Waals surface area contributed by atoms with Crippen LogP contribution in [0, 0.1) is 0 Å². The number of carbonyl (C=O) groups excluding carboxylic acids is 6. The molecule has 20 nitrogen and oxygen atoms in total. The van der Waals surface area contributed by atoms with Crippen LogP contribution in [0.25, 0.3) is 10.8 Å². The van der Waals surface area contributed by atoms with Crippen LogP contribution in [0.2, 0.25) is 0 Å². The highest BCUT2D eigenvalue weighted by molar-refractivity contribution is 6.33. The zero-order chi connectivity index (χ0) is 41.9. The maximum Gasteiger partial charge on any atom is 0.306 e. The zero-order valence-corrected chi connectivity index (χ0v) is 31.8. The maximum atomic E-state index is 13.5. The predicted molar refractivity (Wildman–Crippen MR) is 195 cm³/mol. The first-order valence-electron chi connectivity index (χ1n) is 18.5. The van der Waals surface area contributed by atoms with Gasteiger partial charge in [0.25, 0.3) is 23.6 Å². The minimum Gasteiger partial charge on any atom is -0.481 e. The first kappa shape index (κ1) is 45.3. The first-order valence-corrected chi connectivity index (χ1v) is 18.5. The average molecular weight is 819 g/mol. The number of esters is 2. The highest BCUT2D eigenvalue weighted by Gasteiger charge is 2.39. The van der Waals surface area contributed by atoms with E-state index in [1.807, 2.05) is 0 Å². The monoisotopic (exact) mass is 818 g/mol. The van der Waals surface area contributed by atoms with Crippen LogP contribution in [0.1, 0.15) is 67.1 Å². The van der Waals surface area contributed by atoms with E-state index in [2.05, 4.69) is 0 Å². The number of aliphatic carboxylic acids is 2. The molecule has 2 N–H and O–H groups in total. The number of benzene rings is 2. The van der Waals surface area contributed by atoms with Crippen molar-refractivity contribution in [2.45, 2.75) is 25.7 Å². The molecule has 2 aromatic carbocycles. The molecule has 0 unspecified atom stereocenters. The fourth-order valence-electron chi connectivity index (χ4n) is 5.77. The van der Waals surface area contributed by atoms with E-state index in [0.717, 1.165) is 9.80 Å². The summed E-state index contributed by atoms with van der Waals surface area (Å²) < 4.78 is 42.2. The second-order valence-electron chi connectivity index (χ2n) is 12.5. The number of hydrogen-bond donors (Lipinski definition) is 2. The van der Waals surface area contributed by atoms with E-state index in [0.29, 0.717) is 0 Å². The van der Waals surface area contributed by atoms with E-state index in [9.17, 15) is 38.4 Å².